The normalized spacial score (nSPS) is 15.6. The maximum atomic E-state index is 10.6. The third-order valence-corrected chi connectivity index (χ3v) is 3.00. The molecule has 1 saturated carbocycles. The van der Waals surface area contributed by atoms with Gasteiger partial charge in [-0.3, -0.25) is 9.69 Å². The summed E-state index contributed by atoms with van der Waals surface area (Å²) in [5.74, 6) is 0.742. The highest BCUT2D eigenvalue weighted by molar-refractivity contribution is 5.66. The molecule has 18 heavy (non-hydrogen) atoms. The van der Waals surface area contributed by atoms with Crippen LogP contribution in [0.4, 0.5) is 0 Å². The molecule has 1 N–H and O–H groups in total. The lowest BCUT2D eigenvalue weighted by Gasteiger charge is -2.18. The number of carbonyl (C=O) groups is 1. The molecule has 0 saturated heterocycles. The van der Waals surface area contributed by atoms with Crippen LogP contribution >= 0.6 is 0 Å². The monoisotopic (exact) mass is 253 g/mol. The predicted molar refractivity (Wildman–Crippen MR) is 64.1 cm³/mol. The van der Waals surface area contributed by atoms with Crippen molar-refractivity contribution in [1.82, 2.24) is 15.0 Å². The molecule has 1 aliphatic rings. The molecule has 1 heterocycles. The molecular weight excluding hydrogens is 234 g/mol. The molecule has 6 heteroatoms. The van der Waals surface area contributed by atoms with Gasteiger partial charge in [0.2, 0.25) is 5.89 Å². The van der Waals surface area contributed by atoms with Crippen molar-refractivity contribution in [3.8, 4) is 0 Å². The molecule has 100 valence electrons. The van der Waals surface area contributed by atoms with Crippen LogP contribution in [0.2, 0.25) is 0 Å². The molecule has 0 atom stereocenters. The summed E-state index contributed by atoms with van der Waals surface area (Å²) in [7, 11) is 0. The summed E-state index contributed by atoms with van der Waals surface area (Å²) in [6.45, 7) is 5.13. The van der Waals surface area contributed by atoms with Crippen molar-refractivity contribution < 1.29 is 14.4 Å². The van der Waals surface area contributed by atoms with Crippen molar-refractivity contribution in [2.45, 2.75) is 51.6 Å². The molecular formula is C12H19N3O3. The third-order valence-electron chi connectivity index (χ3n) is 3.00. The molecule has 0 bridgehead atoms. The Morgan fingerprint density at radius 3 is 2.78 bits per heavy atom. The van der Waals surface area contributed by atoms with Crippen molar-refractivity contribution >= 4 is 5.97 Å². The van der Waals surface area contributed by atoms with Crippen LogP contribution in [0, 0.1) is 0 Å². The quantitative estimate of drug-likeness (QED) is 0.795. The summed E-state index contributed by atoms with van der Waals surface area (Å²) in [4.78, 5) is 17.1. The Bertz CT molecular complexity index is 412. The molecule has 0 spiro atoms. The fourth-order valence-electron chi connectivity index (χ4n) is 1.82. The van der Waals surface area contributed by atoms with Gasteiger partial charge in [-0.1, -0.05) is 19.0 Å². The highest BCUT2D eigenvalue weighted by Gasteiger charge is 2.30. The van der Waals surface area contributed by atoms with E-state index in [1.807, 2.05) is 13.8 Å². The van der Waals surface area contributed by atoms with Crippen LogP contribution in [-0.2, 0) is 11.3 Å². The predicted octanol–water partition coefficient (Wildman–Crippen LogP) is 1.63. The van der Waals surface area contributed by atoms with Gasteiger partial charge in [0.05, 0.1) is 13.0 Å². The van der Waals surface area contributed by atoms with Crippen molar-refractivity contribution in [3.05, 3.63) is 11.7 Å². The van der Waals surface area contributed by atoms with Crippen LogP contribution in [0.25, 0.3) is 0 Å². The number of aliphatic carboxylic acids is 1. The van der Waals surface area contributed by atoms with E-state index in [0.717, 1.165) is 12.8 Å². The smallest absolute Gasteiger partial charge is 0.304 e. The lowest BCUT2D eigenvalue weighted by atomic mass is 10.2. The summed E-state index contributed by atoms with van der Waals surface area (Å²) in [5.41, 5.74) is 0. The van der Waals surface area contributed by atoms with E-state index in [1.165, 1.54) is 0 Å². The molecule has 1 aliphatic carbocycles. The van der Waals surface area contributed by atoms with E-state index < -0.39 is 5.97 Å². The first kappa shape index (κ1) is 13.0. The summed E-state index contributed by atoms with van der Waals surface area (Å²) >= 11 is 0. The zero-order chi connectivity index (χ0) is 13.1. The number of hydrogen-bond acceptors (Lipinski definition) is 5. The van der Waals surface area contributed by atoms with Gasteiger partial charge in [0.15, 0.2) is 5.82 Å². The Balaban J connectivity index is 1.92. The number of nitrogens with zero attached hydrogens (tertiary/aromatic N) is 3. The van der Waals surface area contributed by atoms with Gasteiger partial charge in [-0.15, -0.1) is 0 Å². The molecule has 1 aromatic rings. The Morgan fingerprint density at radius 2 is 2.28 bits per heavy atom. The number of hydrogen-bond donors (Lipinski definition) is 1. The summed E-state index contributed by atoms with van der Waals surface area (Å²) in [5, 5.41) is 12.7. The topological polar surface area (TPSA) is 79.5 Å². The Labute approximate surface area is 106 Å². The van der Waals surface area contributed by atoms with Crippen LogP contribution in [0.15, 0.2) is 4.52 Å². The van der Waals surface area contributed by atoms with E-state index in [4.69, 9.17) is 9.63 Å². The van der Waals surface area contributed by atoms with Gasteiger partial charge >= 0.3 is 5.97 Å². The van der Waals surface area contributed by atoms with Crippen LogP contribution in [-0.4, -0.2) is 38.7 Å². The third kappa shape index (κ3) is 3.53. The molecule has 0 unspecified atom stereocenters. The Hall–Kier alpha value is -1.43. The molecule has 1 aromatic heterocycles. The van der Waals surface area contributed by atoms with Gasteiger partial charge in [0.1, 0.15) is 0 Å². The zero-order valence-corrected chi connectivity index (χ0v) is 10.8. The first-order valence-corrected chi connectivity index (χ1v) is 6.34. The first-order valence-electron chi connectivity index (χ1n) is 6.34. The van der Waals surface area contributed by atoms with Gasteiger partial charge in [-0.2, -0.15) is 4.98 Å². The van der Waals surface area contributed by atoms with Crippen LogP contribution in [0.5, 0.6) is 0 Å². The van der Waals surface area contributed by atoms with Gasteiger partial charge in [-0.25, -0.2) is 0 Å². The highest BCUT2D eigenvalue weighted by atomic mass is 16.5. The van der Waals surface area contributed by atoms with Crippen molar-refractivity contribution in [3.63, 3.8) is 0 Å². The number of rotatable bonds is 7. The lowest BCUT2D eigenvalue weighted by molar-refractivity contribution is -0.137. The standard InChI is InChI=1S/C12H19N3O3/c1-8(2)12-13-10(14-18-12)7-15(9-3-4-9)6-5-11(16)17/h8-9H,3-7H2,1-2H3,(H,16,17). The maximum absolute atomic E-state index is 10.6. The van der Waals surface area contributed by atoms with E-state index in [1.54, 1.807) is 0 Å². The minimum absolute atomic E-state index is 0.158. The fourth-order valence-corrected chi connectivity index (χ4v) is 1.82. The van der Waals surface area contributed by atoms with Gasteiger partial charge < -0.3 is 9.63 Å². The van der Waals surface area contributed by atoms with Crippen molar-refractivity contribution in [2.75, 3.05) is 6.54 Å². The second-order valence-electron chi connectivity index (χ2n) is 5.05. The van der Waals surface area contributed by atoms with Gasteiger partial charge in [0, 0.05) is 18.5 Å². The van der Waals surface area contributed by atoms with Gasteiger partial charge in [-0.05, 0) is 12.8 Å². The zero-order valence-electron chi connectivity index (χ0n) is 10.8. The SMILES string of the molecule is CC(C)c1nc(CN(CCC(=O)O)C2CC2)no1. The highest BCUT2D eigenvalue weighted by Crippen LogP contribution is 2.28. The minimum Gasteiger partial charge on any atom is -0.481 e. The maximum Gasteiger partial charge on any atom is 0.304 e. The molecule has 2 rings (SSSR count). The number of aromatic nitrogens is 2. The summed E-state index contributed by atoms with van der Waals surface area (Å²) < 4.78 is 5.15. The second kappa shape index (κ2) is 5.48. The Kier molecular flexibility index (Phi) is 3.96. The number of carboxylic acid groups (broad SMARTS) is 1. The van der Waals surface area contributed by atoms with Crippen LogP contribution in [0.1, 0.15) is 50.7 Å². The molecule has 6 nitrogen and oxygen atoms in total. The Morgan fingerprint density at radius 1 is 1.56 bits per heavy atom. The van der Waals surface area contributed by atoms with E-state index in [9.17, 15) is 4.79 Å². The fraction of sp³-hybridized carbons (Fsp3) is 0.750. The van der Waals surface area contributed by atoms with E-state index in [-0.39, 0.29) is 12.3 Å². The average molecular weight is 253 g/mol. The van der Waals surface area contributed by atoms with Crippen LogP contribution < -0.4 is 0 Å². The minimum atomic E-state index is -0.767. The first-order chi connectivity index (χ1) is 8.56. The van der Waals surface area contributed by atoms with E-state index in [2.05, 4.69) is 15.0 Å². The summed E-state index contributed by atoms with van der Waals surface area (Å²) in [6.07, 6.45) is 2.43. The average Bonchev–Trinajstić information content (AvgIpc) is 3.03. The van der Waals surface area contributed by atoms with Gasteiger partial charge in [0.25, 0.3) is 0 Å². The molecule has 0 aromatic carbocycles. The molecule has 0 radical (unpaired) electrons. The van der Waals surface area contributed by atoms with E-state index in [0.29, 0.717) is 30.8 Å². The lowest BCUT2D eigenvalue weighted by Crippen LogP contribution is -2.28. The number of carboxylic acids is 1. The molecule has 0 amide bonds. The summed E-state index contributed by atoms with van der Waals surface area (Å²) in [6, 6.07) is 0.491. The second-order valence-corrected chi connectivity index (χ2v) is 5.05. The molecule has 1 fully saturated rings. The van der Waals surface area contributed by atoms with Crippen molar-refractivity contribution in [1.29, 1.82) is 0 Å². The van der Waals surface area contributed by atoms with Crippen molar-refractivity contribution in [2.24, 2.45) is 0 Å². The largest absolute Gasteiger partial charge is 0.481 e. The van der Waals surface area contributed by atoms with E-state index >= 15 is 0 Å². The molecule has 0 aliphatic heterocycles. The van der Waals surface area contributed by atoms with Crippen LogP contribution in [0.3, 0.4) is 0 Å².